The number of pyridine rings is 1. The van der Waals surface area contributed by atoms with Gasteiger partial charge in [-0.1, -0.05) is 6.07 Å². The zero-order chi connectivity index (χ0) is 20.3. The van der Waals surface area contributed by atoms with Crippen LogP contribution in [0.5, 0.6) is 0 Å². The van der Waals surface area contributed by atoms with Crippen molar-refractivity contribution in [1.82, 2.24) is 15.0 Å². The molecule has 1 saturated carbocycles. The fourth-order valence-electron chi connectivity index (χ4n) is 3.19. The van der Waals surface area contributed by atoms with Gasteiger partial charge in [0.15, 0.2) is 0 Å². The van der Waals surface area contributed by atoms with Crippen molar-refractivity contribution in [3.63, 3.8) is 0 Å². The van der Waals surface area contributed by atoms with Crippen LogP contribution in [0.15, 0.2) is 24.5 Å². The number of anilines is 1. The number of alkyl halides is 3. The predicted octanol–water partition coefficient (Wildman–Crippen LogP) is 3.30. The first-order chi connectivity index (χ1) is 13.3. The van der Waals surface area contributed by atoms with Crippen molar-refractivity contribution in [3.05, 3.63) is 47.2 Å². The Morgan fingerprint density at radius 2 is 1.86 bits per heavy atom. The Morgan fingerprint density at radius 3 is 2.46 bits per heavy atom. The topological polar surface area (TPSA) is 79.2 Å². The monoisotopic (exact) mass is 394 g/mol. The quantitative estimate of drug-likeness (QED) is 0.842. The minimum atomic E-state index is -5.08. The van der Waals surface area contributed by atoms with Crippen LogP contribution in [0.4, 0.5) is 19.0 Å². The Hall–Kier alpha value is -2.71. The number of hydrogen-bond donors (Lipinski definition) is 1. The summed E-state index contributed by atoms with van der Waals surface area (Å²) in [6.07, 6.45) is 1.30. The van der Waals surface area contributed by atoms with E-state index in [1.54, 1.807) is 6.33 Å². The van der Waals surface area contributed by atoms with Crippen LogP contribution in [0.25, 0.3) is 0 Å². The van der Waals surface area contributed by atoms with Crippen LogP contribution in [0.3, 0.4) is 0 Å². The van der Waals surface area contributed by atoms with Crippen LogP contribution in [0.2, 0.25) is 0 Å². The number of aryl methyl sites for hydroxylation is 1. The Balaban J connectivity index is 0.000000279. The van der Waals surface area contributed by atoms with Gasteiger partial charge in [-0.05, 0) is 43.9 Å². The fourth-order valence-corrected chi connectivity index (χ4v) is 3.19. The van der Waals surface area contributed by atoms with Crippen molar-refractivity contribution in [3.8, 4) is 0 Å². The van der Waals surface area contributed by atoms with E-state index in [2.05, 4.69) is 32.0 Å². The molecule has 2 aliphatic rings. The SMILES string of the molecule is Cc1cccc(N2CCc3ncnc(C4CC4)c3CC2)n1.O=C(O)C(F)(F)F. The Morgan fingerprint density at radius 1 is 1.18 bits per heavy atom. The molecule has 2 aromatic heterocycles. The molecule has 3 heterocycles. The summed E-state index contributed by atoms with van der Waals surface area (Å²) in [5.74, 6) is -0.971. The lowest BCUT2D eigenvalue weighted by molar-refractivity contribution is -0.192. The number of carboxylic acid groups (broad SMARTS) is 1. The second kappa shape index (κ2) is 8.12. The first-order valence-electron chi connectivity index (χ1n) is 9.07. The van der Waals surface area contributed by atoms with Gasteiger partial charge in [0.05, 0.1) is 5.69 Å². The molecule has 0 radical (unpaired) electrons. The van der Waals surface area contributed by atoms with Gasteiger partial charge in [-0.3, -0.25) is 0 Å². The molecule has 28 heavy (non-hydrogen) atoms. The van der Waals surface area contributed by atoms with E-state index in [0.717, 1.165) is 37.4 Å². The first-order valence-corrected chi connectivity index (χ1v) is 9.07. The molecule has 0 atom stereocenters. The molecular formula is C19H21F3N4O2. The van der Waals surface area contributed by atoms with Crippen molar-refractivity contribution < 1.29 is 23.1 Å². The van der Waals surface area contributed by atoms with Gasteiger partial charge in [-0.25, -0.2) is 19.7 Å². The molecule has 1 aliphatic heterocycles. The van der Waals surface area contributed by atoms with Gasteiger partial charge in [0.25, 0.3) is 0 Å². The number of halogens is 3. The van der Waals surface area contributed by atoms with E-state index in [1.807, 2.05) is 13.0 Å². The normalized spacial score (nSPS) is 16.5. The fraction of sp³-hybridized carbons (Fsp3) is 0.474. The predicted molar refractivity (Wildman–Crippen MR) is 96.3 cm³/mol. The van der Waals surface area contributed by atoms with Crippen molar-refractivity contribution >= 4 is 11.8 Å². The smallest absolute Gasteiger partial charge is 0.475 e. The number of hydrogen-bond acceptors (Lipinski definition) is 5. The Labute approximate surface area is 160 Å². The molecule has 150 valence electrons. The van der Waals surface area contributed by atoms with Crippen LogP contribution in [-0.2, 0) is 17.6 Å². The van der Waals surface area contributed by atoms with E-state index >= 15 is 0 Å². The number of carboxylic acids is 1. The molecule has 9 heteroatoms. The number of aromatic nitrogens is 3. The maximum atomic E-state index is 10.6. The summed E-state index contributed by atoms with van der Waals surface area (Å²) in [5, 5.41) is 7.12. The van der Waals surface area contributed by atoms with Gasteiger partial charge in [0.1, 0.15) is 12.1 Å². The molecule has 0 bridgehead atoms. The highest BCUT2D eigenvalue weighted by Crippen LogP contribution is 2.41. The third-order valence-corrected chi connectivity index (χ3v) is 4.72. The van der Waals surface area contributed by atoms with Crippen molar-refractivity contribution in [2.75, 3.05) is 18.0 Å². The largest absolute Gasteiger partial charge is 0.490 e. The number of nitrogens with zero attached hydrogens (tertiary/aromatic N) is 4. The van der Waals surface area contributed by atoms with Crippen molar-refractivity contribution in [2.45, 2.75) is 44.7 Å². The zero-order valence-corrected chi connectivity index (χ0v) is 15.4. The second-order valence-electron chi connectivity index (χ2n) is 6.89. The highest BCUT2D eigenvalue weighted by Gasteiger charge is 2.38. The minimum Gasteiger partial charge on any atom is -0.475 e. The lowest BCUT2D eigenvalue weighted by Crippen LogP contribution is -2.27. The van der Waals surface area contributed by atoms with Crippen molar-refractivity contribution in [2.24, 2.45) is 0 Å². The summed E-state index contributed by atoms with van der Waals surface area (Å²) >= 11 is 0. The van der Waals surface area contributed by atoms with E-state index in [4.69, 9.17) is 9.90 Å². The maximum absolute atomic E-state index is 10.6. The molecule has 1 aliphatic carbocycles. The average Bonchev–Trinajstić information content (AvgIpc) is 3.48. The summed E-state index contributed by atoms with van der Waals surface area (Å²) < 4.78 is 31.7. The third-order valence-electron chi connectivity index (χ3n) is 4.72. The third kappa shape index (κ3) is 4.96. The number of fused-ring (bicyclic) bond motifs is 1. The van der Waals surface area contributed by atoms with E-state index in [1.165, 1.54) is 29.8 Å². The van der Waals surface area contributed by atoms with Gasteiger partial charge in [-0.2, -0.15) is 13.2 Å². The molecule has 4 rings (SSSR count). The highest BCUT2D eigenvalue weighted by molar-refractivity contribution is 5.73. The summed E-state index contributed by atoms with van der Waals surface area (Å²) in [6.45, 7) is 4.05. The summed E-state index contributed by atoms with van der Waals surface area (Å²) in [7, 11) is 0. The van der Waals surface area contributed by atoms with Crippen LogP contribution < -0.4 is 4.90 Å². The van der Waals surface area contributed by atoms with E-state index in [9.17, 15) is 13.2 Å². The lowest BCUT2D eigenvalue weighted by Gasteiger charge is -2.21. The summed E-state index contributed by atoms with van der Waals surface area (Å²) in [5.41, 5.74) is 5.06. The van der Waals surface area contributed by atoms with Crippen LogP contribution in [-0.4, -0.2) is 45.3 Å². The maximum Gasteiger partial charge on any atom is 0.490 e. The molecular weight excluding hydrogens is 373 g/mol. The first kappa shape index (κ1) is 20.0. The average molecular weight is 394 g/mol. The molecule has 0 amide bonds. The Bertz CT molecular complexity index is 853. The standard InChI is InChI=1S/C17H20N4.C2HF3O2/c1-12-3-2-4-16(20-12)21-9-7-14-15(8-10-21)18-11-19-17(14)13-5-6-13;3-2(4,5)1(6)7/h2-4,11,13H,5-10H2,1H3;(H,6,7). The molecule has 1 N–H and O–H groups in total. The summed E-state index contributed by atoms with van der Waals surface area (Å²) in [6, 6.07) is 6.24. The number of rotatable bonds is 2. The summed E-state index contributed by atoms with van der Waals surface area (Å²) in [4.78, 5) is 25.0. The van der Waals surface area contributed by atoms with Gasteiger partial charge in [0.2, 0.25) is 0 Å². The van der Waals surface area contributed by atoms with E-state index in [-0.39, 0.29) is 0 Å². The minimum absolute atomic E-state index is 0.699. The van der Waals surface area contributed by atoms with Crippen LogP contribution in [0, 0.1) is 6.92 Å². The van der Waals surface area contributed by atoms with E-state index in [0.29, 0.717) is 5.92 Å². The Kier molecular flexibility index (Phi) is 5.81. The van der Waals surface area contributed by atoms with E-state index < -0.39 is 12.1 Å². The number of carbonyl (C=O) groups is 1. The van der Waals surface area contributed by atoms with Gasteiger partial charge in [-0.15, -0.1) is 0 Å². The molecule has 0 aromatic carbocycles. The molecule has 0 saturated heterocycles. The zero-order valence-electron chi connectivity index (χ0n) is 15.4. The number of aliphatic carboxylic acids is 1. The van der Waals surface area contributed by atoms with Gasteiger partial charge >= 0.3 is 12.1 Å². The van der Waals surface area contributed by atoms with Gasteiger partial charge < -0.3 is 10.0 Å². The van der Waals surface area contributed by atoms with Crippen LogP contribution >= 0.6 is 0 Å². The lowest BCUT2D eigenvalue weighted by atomic mass is 10.0. The van der Waals surface area contributed by atoms with Crippen molar-refractivity contribution in [1.29, 1.82) is 0 Å². The molecule has 1 fully saturated rings. The highest BCUT2D eigenvalue weighted by atomic mass is 19.4. The second-order valence-corrected chi connectivity index (χ2v) is 6.89. The van der Waals surface area contributed by atoms with Gasteiger partial charge in [0, 0.05) is 36.8 Å². The molecule has 2 aromatic rings. The molecule has 6 nitrogen and oxygen atoms in total. The van der Waals surface area contributed by atoms with Crippen LogP contribution in [0.1, 0.15) is 41.4 Å². The molecule has 0 spiro atoms. The molecule has 0 unspecified atom stereocenters.